The maximum absolute atomic E-state index is 11.3. The molecule has 5 heteroatoms. The maximum atomic E-state index is 11.3. The first kappa shape index (κ1) is 8.18. The fourth-order valence-electron chi connectivity index (χ4n) is 1.01. The summed E-state index contributed by atoms with van der Waals surface area (Å²) in [4.78, 5) is 3.94. The fraction of sp³-hybridized carbons (Fsp3) is 0. The number of fused-ring (bicyclic) bond motifs is 1. The van der Waals surface area contributed by atoms with Gasteiger partial charge in [-0.3, -0.25) is 0 Å². The van der Waals surface area contributed by atoms with Crippen molar-refractivity contribution in [2.45, 2.75) is 5.03 Å². The van der Waals surface area contributed by atoms with Crippen LogP contribution in [0, 0.1) is 3.70 Å². The summed E-state index contributed by atoms with van der Waals surface area (Å²) in [5.74, 6) is 0. The van der Waals surface area contributed by atoms with Gasteiger partial charge in [0.1, 0.15) is 3.70 Å². The average molecular weight is 293 g/mol. The molecule has 62 valence electrons. The molecule has 0 atom stereocenters. The van der Waals surface area contributed by atoms with Crippen molar-refractivity contribution in [3.8, 4) is 0 Å². The van der Waals surface area contributed by atoms with Gasteiger partial charge in [0, 0.05) is 11.0 Å². The summed E-state index contributed by atoms with van der Waals surface area (Å²) in [6, 6.07) is 3.54. The van der Waals surface area contributed by atoms with Crippen LogP contribution in [-0.4, -0.2) is 13.4 Å². The van der Waals surface area contributed by atoms with E-state index in [1.165, 1.54) is 5.41 Å². The van der Waals surface area contributed by atoms with Crippen molar-refractivity contribution in [2.24, 2.45) is 0 Å². The van der Waals surface area contributed by atoms with E-state index in [9.17, 15) is 8.42 Å². The van der Waals surface area contributed by atoms with E-state index in [2.05, 4.69) is 4.98 Å². The van der Waals surface area contributed by atoms with E-state index in [4.69, 9.17) is 0 Å². The third-order valence-corrected chi connectivity index (χ3v) is 3.51. The normalized spacial score (nSPS) is 17.8. The molecule has 0 unspecified atom stereocenters. The molecule has 1 aromatic heterocycles. The Morgan fingerprint density at radius 2 is 2.08 bits per heavy atom. The SMILES string of the molecule is O=S1(=O)C=Cc2ccc(I)nc21. The molecule has 2 heterocycles. The molecular weight excluding hydrogens is 289 g/mol. The number of hydrogen-bond donors (Lipinski definition) is 0. The molecule has 0 amide bonds. The summed E-state index contributed by atoms with van der Waals surface area (Å²) >= 11 is 1.99. The zero-order valence-corrected chi connectivity index (χ0v) is 8.83. The zero-order valence-electron chi connectivity index (χ0n) is 5.86. The second-order valence-corrected chi connectivity index (χ2v) is 5.23. The van der Waals surface area contributed by atoms with E-state index in [0.717, 1.165) is 0 Å². The Balaban J connectivity index is 2.80. The van der Waals surface area contributed by atoms with Crippen LogP contribution in [0.2, 0.25) is 0 Å². The molecule has 0 N–H and O–H groups in total. The topological polar surface area (TPSA) is 47.0 Å². The van der Waals surface area contributed by atoms with Crippen LogP contribution in [0.15, 0.2) is 22.6 Å². The first-order valence-corrected chi connectivity index (χ1v) is 5.82. The lowest BCUT2D eigenvalue weighted by atomic mass is 10.3. The van der Waals surface area contributed by atoms with Gasteiger partial charge >= 0.3 is 0 Å². The zero-order chi connectivity index (χ0) is 8.77. The molecule has 0 fully saturated rings. The number of sulfone groups is 1. The van der Waals surface area contributed by atoms with Crippen molar-refractivity contribution in [1.29, 1.82) is 0 Å². The highest BCUT2D eigenvalue weighted by Crippen LogP contribution is 2.24. The minimum atomic E-state index is -3.22. The van der Waals surface area contributed by atoms with E-state index < -0.39 is 9.84 Å². The second-order valence-electron chi connectivity index (χ2n) is 2.38. The Kier molecular flexibility index (Phi) is 1.72. The third kappa shape index (κ3) is 1.16. The molecule has 1 aliphatic rings. The van der Waals surface area contributed by atoms with Crippen molar-refractivity contribution >= 4 is 38.5 Å². The highest BCUT2D eigenvalue weighted by molar-refractivity contribution is 14.1. The van der Waals surface area contributed by atoms with E-state index in [1.807, 2.05) is 22.6 Å². The summed E-state index contributed by atoms with van der Waals surface area (Å²) in [5, 5.41) is 1.36. The molecular formula is C7H4INO2S. The predicted molar refractivity (Wildman–Crippen MR) is 53.2 cm³/mol. The molecule has 3 nitrogen and oxygen atoms in total. The Morgan fingerprint density at radius 3 is 2.83 bits per heavy atom. The lowest BCUT2D eigenvalue weighted by Crippen LogP contribution is -1.98. The van der Waals surface area contributed by atoms with Gasteiger partial charge in [-0.05, 0) is 40.8 Å². The standard InChI is InChI=1S/C7H4INO2S/c8-6-2-1-5-3-4-12(10,11)7(5)9-6/h1-4H. The minimum Gasteiger partial charge on any atom is -0.229 e. The van der Waals surface area contributed by atoms with Crippen molar-refractivity contribution in [1.82, 2.24) is 4.98 Å². The van der Waals surface area contributed by atoms with Crippen LogP contribution in [-0.2, 0) is 9.84 Å². The molecule has 0 aromatic carbocycles. The second kappa shape index (κ2) is 2.53. The van der Waals surface area contributed by atoms with Crippen LogP contribution in [0.1, 0.15) is 5.56 Å². The minimum absolute atomic E-state index is 0.175. The molecule has 0 spiro atoms. The molecule has 1 aromatic rings. The summed E-state index contributed by atoms with van der Waals surface area (Å²) in [6.45, 7) is 0. The van der Waals surface area contributed by atoms with Crippen molar-refractivity contribution in [3.05, 3.63) is 26.8 Å². The van der Waals surface area contributed by atoms with Crippen LogP contribution in [0.5, 0.6) is 0 Å². The third-order valence-electron chi connectivity index (χ3n) is 1.55. The molecule has 0 saturated heterocycles. The Hall–Kier alpha value is -0.430. The van der Waals surface area contributed by atoms with Crippen LogP contribution >= 0.6 is 22.6 Å². The van der Waals surface area contributed by atoms with Crippen molar-refractivity contribution < 1.29 is 8.42 Å². The highest BCUT2D eigenvalue weighted by atomic mass is 127. The maximum Gasteiger partial charge on any atom is 0.217 e. The van der Waals surface area contributed by atoms with E-state index in [-0.39, 0.29) is 5.03 Å². The number of aromatic nitrogens is 1. The summed E-state index contributed by atoms with van der Waals surface area (Å²) in [6.07, 6.45) is 1.56. The van der Waals surface area contributed by atoms with Gasteiger partial charge in [0.25, 0.3) is 0 Å². The largest absolute Gasteiger partial charge is 0.229 e. The average Bonchev–Trinajstić information content (AvgIpc) is 2.28. The molecule has 12 heavy (non-hydrogen) atoms. The first-order valence-electron chi connectivity index (χ1n) is 3.19. The lowest BCUT2D eigenvalue weighted by Gasteiger charge is -1.96. The van der Waals surface area contributed by atoms with Crippen molar-refractivity contribution in [3.63, 3.8) is 0 Å². The van der Waals surface area contributed by atoms with Gasteiger partial charge in [0.05, 0.1) is 0 Å². The predicted octanol–water partition coefficient (Wildman–Crippen LogP) is 1.44. The van der Waals surface area contributed by atoms with Gasteiger partial charge in [-0.15, -0.1) is 0 Å². The van der Waals surface area contributed by atoms with Crippen LogP contribution in [0.4, 0.5) is 0 Å². The van der Waals surface area contributed by atoms with E-state index >= 15 is 0 Å². The molecule has 0 saturated carbocycles. The molecule has 0 radical (unpaired) electrons. The summed E-state index contributed by atoms with van der Waals surface area (Å²) in [7, 11) is -3.22. The molecule has 0 aliphatic carbocycles. The smallest absolute Gasteiger partial charge is 0.217 e. The fourth-order valence-corrected chi connectivity index (χ4v) is 2.74. The Morgan fingerprint density at radius 1 is 1.33 bits per heavy atom. The Bertz CT molecular complexity index is 464. The lowest BCUT2D eigenvalue weighted by molar-refractivity contribution is 0.602. The number of pyridine rings is 1. The molecule has 1 aliphatic heterocycles. The van der Waals surface area contributed by atoms with Gasteiger partial charge < -0.3 is 0 Å². The van der Waals surface area contributed by atoms with Gasteiger partial charge in [-0.25, -0.2) is 13.4 Å². The molecule has 2 rings (SSSR count). The quantitative estimate of drug-likeness (QED) is 0.537. The summed E-state index contributed by atoms with van der Waals surface area (Å²) in [5.41, 5.74) is 0.676. The van der Waals surface area contributed by atoms with Gasteiger partial charge in [0.2, 0.25) is 9.84 Å². The highest BCUT2D eigenvalue weighted by Gasteiger charge is 2.21. The number of hydrogen-bond acceptors (Lipinski definition) is 3. The van der Waals surface area contributed by atoms with Crippen LogP contribution in [0.3, 0.4) is 0 Å². The van der Waals surface area contributed by atoms with Gasteiger partial charge in [0.15, 0.2) is 5.03 Å². The van der Waals surface area contributed by atoms with Crippen LogP contribution in [0.25, 0.3) is 6.08 Å². The summed E-state index contributed by atoms with van der Waals surface area (Å²) < 4.78 is 23.2. The van der Waals surface area contributed by atoms with Gasteiger partial charge in [-0.1, -0.05) is 0 Å². The number of halogens is 1. The van der Waals surface area contributed by atoms with Crippen molar-refractivity contribution in [2.75, 3.05) is 0 Å². The van der Waals surface area contributed by atoms with Gasteiger partial charge in [-0.2, -0.15) is 0 Å². The molecule has 0 bridgehead atoms. The van der Waals surface area contributed by atoms with Crippen LogP contribution < -0.4 is 0 Å². The number of nitrogens with zero attached hydrogens (tertiary/aromatic N) is 1. The van der Waals surface area contributed by atoms with E-state index in [1.54, 1.807) is 18.2 Å². The Labute approximate surface area is 83.6 Å². The van der Waals surface area contributed by atoms with E-state index in [0.29, 0.717) is 9.26 Å². The number of rotatable bonds is 0. The first-order chi connectivity index (χ1) is 5.59. The monoisotopic (exact) mass is 293 g/mol.